The van der Waals surface area contributed by atoms with Gasteiger partial charge in [0.2, 0.25) is 5.82 Å². The molecule has 0 radical (unpaired) electrons. The van der Waals surface area contributed by atoms with Gasteiger partial charge in [0.1, 0.15) is 0 Å². The highest BCUT2D eigenvalue weighted by Crippen LogP contribution is 2.33. The lowest BCUT2D eigenvalue weighted by molar-refractivity contribution is 0.181. The lowest BCUT2D eigenvalue weighted by Crippen LogP contribution is -2.34. The van der Waals surface area contributed by atoms with E-state index in [-0.39, 0.29) is 0 Å². The SMILES string of the molecule is Cn1nnc(-c2ccc3nc(-c4ccc(CN5CCC(n6ccc7ccccc76)CC5)cc4)c(-c4ccccc4)nc3c2)n1. The molecule has 4 aromatic carbocycles. The maximum Gasteiger partial charge on any atom is 0.204 e. The van der Waals surface area contributed by atoms with Crippen LogP contribution in [0.4, 0.5) is 0 Å². The van der Waals surface area contributed by atoms with Gasteiger partial charge in [0.15, 0.2) is 0 Å². The molecule has 0 N–H and O–H groups in total. The van der Waals surface area contributed by atoms with Crippen molar-refractivity contribution in [1.29, 1.82) is 0 Å². The van der Waals surface area contributed by atoms with E-state index in [2.05, 4.69) is 97.8 Å². The normalized spacial score (nSPS) is 14.5. The van der Waals surface area contributed by atoms with Gasteiger partial charge in [0.05, 0.1) is 29.5 Å². The summed E-state index contributed by atoms with van der Waals surface area (Å²) in [4.78, 5) is 14.3. The van der Waals surface area contributed by atoms with E-state index in [9.17, 15) is 0 Å². The van der Waals surface area contributed by atoms with Crippen LogP contribution in [0.5, 0.6) is 0 Å². The molecule has 0 aliphatic carbocycles. The zero-order valence-corrected chi connectivity index (χ0v) is 24.6. The molecule has 0 atom stereocenters. The number of rotatable bonds is 6. The number of likely N-dealkylation sites (tertiary alicyclic amines) is 1. The molecular weight excluding hydrogens is 544 g/mol. The second kappa shape index (κ2) is 11.1. The Morgan fingerprint density at radius 2 is 1.41 bits per heavy atom. The van der Waals surface area contributed by atoms with Crippen LogP contribution < -0.4 is 0 Å². The maximum absolute atomic E-state index is 5.12. The van der Waals surface area contributed by atoms with Crippen LogP contribution >= 0.6 is 0 Å². The molecule has 1 aliphatic heterocycles. The fourth-order valence-electron chi connectivity index (χ4n) is 6.40. The molecule has 1 fully saturated rings. The van der Waals surface area contributed by atoms with Crippen molar-refractivity contribution in [3.05, 3.63) is 115 Å². The molecule has 0 saturated carbocycles. The van der Waals surface area contributed by atoms with E-state index in [1.807, 2.05) is 36.4 Å². The molecule has 1 aliphatic rings. The number of piperidine rings is 1. The van der Waals surface area contributed by atoms with E-state index < -0.39 is 0 Å². The lowest BCUT2D eigenvalue weighted by Gasteiger charge is -2.33. The molecule has 7 aromatic rings. The monoisotopic (exact) mass is 576 g/mol. The first-order chi connectivity index (χ1) is 21.7. The van der Waals surface area contributed by atoms with E-state index in [1.54, 1.807) is 7.05 Å². The van der Waals surface area contributed by atoms with Gasteiger partial charge >= 0.3 is 0 Å². The van der Waals surface area contributed by atoms with E-state index >= 15 is 0 Å². The minimum atomic E-state index is 0.560. The van der Waals surface area contributed by atoms with Crippen molar-refractivity contribution in [3.63, 3.8) is 0 Å². The van der Waals surface area contributed by atoms with Crippen LogP contribution in [0.25, 0.3) is 55.8 Å². The Hall–Kier alpha value is -5.21. The number of aromatic nitrogens is 7. The van der Waals surface area contributed by atoms with E-state index in [1.165, 1.54) is 34.1 Å². The Labute approximate surface area is 255 Å². The molecule has 0 spiro atoms. The van der Waals surface area contributed by atoms with Crippen molar-refractivity contribution in [2.75, 3.05) is 13.1 Å². The van der Waals surface area contributed by atoms with Crippen LogP contribution in [0.15, 0.2) is 109 Å². The van der Waals surface area contributed by atoms with Gasteiger partial charge in [-0.1, -0.05) is 72.8 Å². The molecular formula is C36H32N8. The van der Waals surface area contributed by atoms with E-state index in [0.717, 1.165) is 58.7 Å². The van der Waals surface area contributed by atoms with Crippen molar-refractivity contribution >= 4 is 21.9 Å². The number of fused-ring (bicyclic) bond motifs is 2. The summed E-state index contributed by atoms with van der Waals surface area (Å²) in [5.41, 5.74) is 8.96. The van der Waals surface area contributed by atoms with Gasteiger partial charge in [-0.05, 0) is 59.3 Å². The third kappa shape index (κ3) is 5.03. The van der Waals surface area contributed by atoms with Crippen LogP contribution in [-0.2, 0) is 13.6 Å². The molecule has 44 heavy (non-hydrogen) atoms. The molecule has 0 amide bonds. The Bertz CT molecular complexity index is 2070. The van der Waals surface area contributed by atoms with Gasteiger partial charge in [-0.3, -0.25) is 4.90 Å². The molecule has 3 aromatic heterocycles. The van der Waals surface area contributed by atoms with Crippen LogP contribution in [0.2, 0.25) is 0 Å². The summed E-state index contributed by atoms with van der Waals surface area (Å²) in [5.74, 6) is 0.569. The fourth-order valence-corrected chi connectivity index (χ4v) is 6.40. The summed E-state index contributed by atoms with van der Waals surface area (Å²) in [7, 11) is 1.76. The zero-order valence-electron chi connectivity index (χ0n) is 24.6. The van der Waals surface area contributed by atoms with Gasteiger partial charge < -0.3 is 4.57 Å². The number of aryl methyl sites for hydroxylation is 1. The number of para-hydroxylation sites is 1. The van der Waals surface area contributed by atoms with E-state index in [4.69, 9.17) is 9.97 Å². The largest absolute Gasteiger partial charge is 0.344 e. The topological polar surface area (TPSA) is 77.5 Å². The Balaban J connectivity index is 1.04. The third-order valence-corrected chi connectivity index (χ3v) is 8.69. The highest BCUT2D eigenvalue weighted by atomic mass is 15.6. The molecule has 216 valence electrons. The predicted molar refractivity (Wildman–Crippen MR) is 174 cm³/mol. The van der Waals surface area contributed by atoms with Gasteiger partial charge in [0.25, 0.3) is 0 Å². The second-order valence-corrected chi connectivity index (χ2v) is 11.6. The molecule has 8 nitrogen and oxygen atoms in total. The summed E-state index contributed by atoms with van der Waals surface area (Å²) >= 11 is 0. The number of tetrazole rings is 1. The average molecular weight is 577 g/mol. The molecule has 1 saturated heterocycles. The fraction of sp³-hybridized carbons (Fsp3) is 0.194. The van der Waals surface area contributed by atoms with Gasteiger partial charge in [-0.25, -0.2) is 9.97 Å². The van der Waals surface area contributed by atoms with Gasteiger partial charge in [-0.15, -0.1) is 10.2 Å². The van der Waals surface area contributed by atoms with Crippen molar-refractivity contribution in [3.8, 4) is 33.9 Å². The summed E-state index contributed by atoms with van der Waals surface area (Å²) in [5, 5.41) is 13.8. The molecule has 0 unspecified atom stereocenters. The summed E-state index contributed by atoms with van der Waals surface area (Å²) in [6.07, 6.45) is 4.59. The van der Waals surface area contributed by atoms with Crippen LogP contribution in [-0.4, -0.2) is 52.7 Å². The van der Waals surface area contributed by atoms with Gasteiger partial charge in [-0.2, -0.15) is 4.80 Å². The molecule has 8 rings (SSSR count). The third-order valence-electron chi connectivity index (χ3n) is 8.69. The van der Waals surface area contributed by atoms with Crippen LogP contribution in [0.3, 0.4) is 0 Å². The first-order valence-electron chi connectivity index (χ1n) is 15.2. The number of hydrogen-bond acceptors (Lipinski definition) is 6. The molecule has 0 bridgehead atoms. The second-order valence-electron chi connectivity index (χ2n) is 11.6. The van der Waals surface area contributed by atoms with E-state index in [0.29, 0.717) is 11.9 Å². The predicted octanol–water partition coefficient (Wildman–Crippen LogP) is 6.95. The minimum absolute atomic E-state index is 0.560. The van der Waals surface area contributed by atoms with Crippen molar-refractivity contribution in [2.24, 2.45) is 7.05 Å². The smallest absolute Gasteiger partial charge is 0.204 e. The lowest BCUT2D eigenvalue weighted by atomic mass is 10.0. The van der Waals surface area contributed by atoms with Gasteiger partial charge in [0, 0.05) is 54.1 Å². The quantitative estimate of drug-likeness (QED) is 0.213. The maximum atomic E-state index is 5.12. The zero-order chi connectivity index (χ0) is 29.5. The first-order valence-corrected chi connectivity index (χ1v) is 15.2. The van der Waals surface area contributed by atoms with Crippen LogP contribution in [0.1, 0.15) is 24.4 Å². The summed E-state index contributed by atoms with van der Waals surface area (Å²) in [6.45, 7) is 3.15. The number of benzene rings is 4. The Morgan fingerprint density at radius 3 is 2.18 bits per heavy atom. The van der Waals surface area contributed by atoms with Crippen LogP contribution in [0, 0.1) is 0 Å². The van der Waals surface area contributed by atoms with Crippen molar-refractivity contribution < 1.29 is 0 Å². The van der Waals surface area contributed by atoms with Crippen molar-refractivity contribution in [2.45, 2.75) is 25.4 Å². The standard InChI is InChI=1S/C36H32N8/c1-42-40-36(39-41-42)29-15-16-31-32(23-29)38-34(27-8-3-2-4-9-27)35(37-31)28-13-11-25(12-14-28)24-43-20-18-30(19-21-43)44-22-17-26-7-5-6-10-33(26)44/h2-17,22-23,30H,18-21,24H2,1H3. The van der Waals surface area contributed by atoms with Crippen molar-refractivity contribution in [1.82, 2.24) is 39.6 Å². The minimum Gasteiger partial charge on any atom is -0.344 e. The average Bonchev–Trinajstić information content (AvgIpc) is 3.72. The number of hydrogen-bond donors (Lipinski definition) is 0. The first kappa shape index (κ1) is 26.4. The highest BCUT2D eigenvalue weighted by Gasteiger charge is 2.22. The number of nitrogens with zero attached hydrogens (tertiary/aromatic N) is 8. The Kier molecular flexibility index (Phi) is 6.68. The Morgan fingerprint density at radius 1 is 0.705 bits per heavy atom. The highest BCUT2D eigenvalue weighted by molar-refractivity contribution is 5.88. The summed E-state index contributed by atoms with van der Waals surface area (Å²) < 4.78 is 2.48. The molecule has 4 heterocycles. The molecule has 8 heteroatoms. The summed E-state index contributed by atoms with van der Waals surface area (Å²) in [6, 6.07) is 36.6.